The van der Waals surface area contributed by atoms with Gasteiger partial charge in [0.15, 0.2) is 6.10 Å². The van der Waals surface area contributed by atoms with E-state index in [4.69, 9.17) is 14.2 Å². The fourth-order valence-electron chi connectivity index (χ4n) is 9.74. The number of esters is 3. The van der Waals surface area contributed by atoms with Crippen LogP contribution >= 0.6 is 0 Å². The zero-order valence-corrected chi connectivity index (χ0v) is 47.6. The van der Waals surface area contributed by atoms with Crippen LogP contribution in [0.5, 0.6) is 0 Å². The van der Waals surface area contributed by atoms with Gasteiger partial charge >= 0.3 is 17.9 Å². The van der Waals surface area contributed by atoms with Gasteiger partial charge in [-0.3, -0.25) is 14.4 Å². The second-order valence-corrected chi connectivity index (χ2v) is 21.7. The summed E-state index contributed by atoms with van der Waals surface area (Å²) in [5, 5.41) is 0. The fraction of sp³-hybridized carbons (Fsp3) is 0.922. The van der Waals surface area contributed by atoms with Gasteiger partial charge in [0.25, 0.3) is 0 Å². The lowest BCUT2D eigenvalue weighted by Gasteiger charge is -2.18. The molecule has 0 aliphatic rings. The molecule has 0 N–H and O–H groups in total. The minimum Gasteiger partial charge on any atom is -0.462 e. The van der Waals surface area contributed by atoms with Gasteiger partial charge in [0, 0.05) is 19.3 Å². The highest BCUT2D eigenvalue weighted by molar-refractivity contribution is 5.71. The first-order chi connectivity index (χ1) is 34.5. The van der Waals surface area contributed by atoms with Crippen LogP contribution in [-0.2, 0) is 28.6 Å². The lowest BCUT2D eigenvalue weighted by molar-refractivity contribution is -0.167. The number of unbranched alkanes of at least 4 members (excludes halogenated alkanes) is 46. The molecule has 0 spiro atoms. The Morgan fingerprint density at radius 3 is 0.714 bits per heavy atom. The van der Waals surface area contributed by atoms with Gasteiger partial charge in [-0.1, -0.05) is 309 Å². The van der Waals surface area contributed by atoms with Gasteiger partial charge in [-0.05, 0) is 44.9 Å². The molecule has 0 radical (unpaired) electrons. The van der Waals surface area contributed by atoms with Crippen molar-refractivity contribution in [1.29, 1.82) is 0 Å². The minimum absolute atomic E-state index is 0.0632. The van der Waals surface area contributed by atoms with E-state index in [-0.39, 0.29) is 31.1 Å². The number of rotatable bonds is 59. The Kier molecular flexibility index (Phi) is 58.1. The Hall–Kier alpha value is -1.85. The molecular formula is C64H122O6. The third-order valence-electron chi connectivity index (χ3n) is 14.5. The van der Waals surface area contributed by atoms with E-state index < -0.39 is 6.10 Å². The van der Waals surface area contributed by atoms with Gasteiger partial charge in [0.1, 0.15) is 13.2 Å². The largest absolute Gasteiger partial charge is 0.462 e. The summed E-state index contributed by atoms with van der Waals surface area (Å²) >= 11 is 0. The van der Waals surface area contributed by atoms with Crippen LogP contribution in [0.3, 0.4) is 0 Å². The highest BCUT2D eigenvalue weighted by Gasteiger charge is 2.19. The number of hydrogen-bond acceptors (Lipinski definition) is 6. The Morgan fingerprint density at radius 1 is 0.271 bits per heavy atom. The maximum absolute atomic E-state index is 12.8. The SMILES string of the molecule is CCCCCCCCCC/C=C\CCCCCCCCCCCCCCCCCC(=O)OCC(COC(=O)CCCCCCCCCCCC)OC(=O)CCCCCCCCCCCCCCCCC. The normalized spacial score (nSPS) is 12.0. The highest BCUT2D eigenvalue weighted by Crippen LogP contribution is 2.18. The maximum atomic E-state index is 12.8. The average Bonchev–Trinajstić information content (AvgIpc) is 3.36. The van der Waals surface area contributed by atoms with Crippen molar-refractivity contribution in [1.82, 2.24) is 0 Å². The zero-order chi connectivity index (χ0) is 50.7. The number of ether oxygens (including phenoxy) is 3. The molecule has 0 saturated carbocycles. The van der Waals surface area contributed by atoms with Crippen LogP contribution in [0.4, 0.5) is 0 Å². The summed E-state index contributed by atoms with van der Waals surface area (Å²) in [6, 6.07) is 0. The molecule has 414 valence electrons. The van der Waals surface area contributed by atoms with Crippen molar-refractivity contribution in [2.75, 3.05) is 13.2 Å². The van der Waals surface area contributed by atoms with Crippen LogP contribution in [0.15, 0.2) is 12.2 Å². The molecule has 0 fully saturated rings. The van der Waals surface area contributed by atoms with E-state index in [2.05, 4.69) is 32.9 Å². The second-order valence-electron chi connectivity index (χ2n) is 21.7. The topological polar surface area (TPSA) is 78.9 Å². The predicted molar refractivity (Wildman–Crippen MR) is 303 cm³/mol. The second kappa shape index (κ2) is 59.7. The van der Waals surface area contributed by atoms with Crippen LogP contribution in [0.25, 0.3) is 0 Å². The van der Waals surface area contributed by atoms with Crippen molar-refractivity contribution < 1.29 is 28.6 Å². The van der Waals surface area contributed by atoms with Gasteiger partial charge in [-0.2, -0.15) is 0 Å². The number of allylic oxidation sites excluding steroid dienone is 2. The van der Waals surface area contributed by atoms with E-state index in [0.717, 1.165) is 57.8 Å². The van der Waals surface area contributed by atoms with Crippen LogP contribution < -0.4 is 0 Å². The molecule has 0 rings (SSSR count). The molecule has 0 aromatic carbocycles. The third-order valence-corrected chi connectivity index (χ3v) is 14.5. The van der Waals surface area contributed by atoms with Gasteiger partial charge in [-0.15, -0.1) is 0 Å². The van der Waals surface area contributed by atoms with E-state index in [1.54, 1.807) is 0 Å². The Morgan fingerprint density at radius 2 is 0.471 bits per heavy atom. The number of carbonyl (C=O) groups excluding carboxylic acids is 3. The summed E-state index contributed by atoms with van der Waals surface area (Å²) in [6.07, 6.45) is 69.5. The molecule has 0 heterocycles. The van der Waals surface area contributed by atoms with E-state index in [9.17, 15) is 14.4 Å². The van der Waals surface area contributed by atoms with Crippen molar-refractivity contribution in [3.63, 3.8) is 0 Å². The summed E-state index contributed by atoms with van der Waals surface area (Å²) in [6.45, 7) is 6.69. The van der Waals surface area contributed by atoms with Crippen LogP contribution in [0.1, 0.15) is 361 Å². The van der Waals surface area contributed by atoms with E-state index in [0.29, 0.717) is 19.3 Å². The number of carbonyl (C=O) groups is 3. The summed E-state index contributed by atoms with van der Waals surface area (Å²) in [7, 11) is 0. The lowest BCUT2D eigenvalue weighted by Crippen LogP contribution is -2.30. The van der Waals surface area contributed by atoms with Crippen LogP contribution in [0.2, 0.25) is 0 Å². The average molecular weight is 988 g/mol. The van der Waals surface area contributed by atoms with Crippen molar-refractivity contribution in [3.05, 3.63) is 12.2 Å². The van der Waals surface area contributed by atoms with E-state index in [1.807, 2.05) is 0 Å². The Labute approximate surface area is 437 Å². The summed E-state index contributed by atoms with van der Waals surface area (Å²) in [5.74, 6) is -0.837. The maximum Gasteiger partial charge on any atom is 0.306 e. The summed E-state index contributed by atoms with van der Waals surface area (Å²) in [4.78, 5) is 38.1. The van der Waals surface area contributed by atoms with Crippen LogP contribution in [-0.4, -0.2) is 37.2 Å². The molecule has 70 heavy (non-hydrogen) atoms. The molecular weight excluding hydrogens is 865 g/mol. The van der Waals surface area contributed by atoms with Crippen molar-refractivity contribution in [2.45, 2.75) is 367 Å². The van der Waals surface area contributed by atoms with Crippen molar-refractivity contribution in [3.8, 4) is 0 Å². The quantitative estimate of drug-likeness (QED) is 0.0261. The minimum atomic E-state index is -0.763. The highest BCUT2D eigenvalue weighted by atomic mass is 16.6. The molecule has 6 nitrogen and oxygen atoms in total. The van der Waals surface area contributed by atoms with Crippen LogP contribution in [0, 0.1) is 0 Å². The Balaban J connectivity index is 4.11. The molecule has 0 aromatic heterocycles. The summed E-state index contributed by atoms with van der Waals surface area (Å²) < 4.78 is 16.9. The van der Waals surface area contributed by atoms with Gasteiger partial charge in [0.05, 0.1) is 0 Å². The van der Waals surface area contributed by atoms with Gasteiger partial charge in [-0.25, -0.2) is 0 Å². The molecule has 0 saturated heterocycles. The van der Waals surface area contributed by atoms with E-state index >= 15 is 0 Å². The first-order valence-electron chi connectivity index (χ1n) is 31.7. The molecule has 0 aliphatic carbocycles. The van der Waals surface area contributed by atoms with E-state index in [1.165, 1.54) is 263 Å². The predicted octanol–water partition coefficient (Wildman–Crippen LogP) is 21.3. The fourth-order valence-corrected chi connectivity index (χ4v) is 9.74. The van der Waals surface area contributed by atoms with Gasteiger partial charge in [0.2, 0.25) is 0 Å². The zero-order valence-electron chi connectivity index (χ0n) is 47.6. The molecule has 0 amide bonds. The molecule has 1 unspecified atom stereocenters. The first-order valence-corrected chi connectivity index (χ1v) is 31.7. The molecule has 0 aliphatic heterocycles. The van der Waals surface area contributed by atoms with Crippen molar-refractivity contribution in [2.24, 2.45) is 0 Å². The molecule has 0 aromatic rings. The standard InChI is InChI=1S/C64H122O6/c1-4-7-10-13-16-19-22-24-26-27-28-29-30-31-32-33-34-35-36-37-39-40-42-45-48-51-54-57-63(66)69-60-61(59-68-62(65)56-53-50-47-44-21-18-15-12-9-6-3)70-64(67)58-55-52-49-46-43-41-38-25-23-20-17-14-11-8-5-2/h27-28,61H,4-26,29-60H2,1-3H3/b28-27-. The molecule has 6 heteroatoms. The smallest absolute Gasteiger partial charge is 0.306 e. The van der Waals surface area contributed by atoms with Gasteiger partial charge < -0.3 is 14.2 Å². The van der Waals surface area contributed by atoms with Crippen molar-refractivity contribution >= 4 is 17.9 Å². The third kappa shape index (κ3) is 57.1. The number of hydrogen-bond donors (Lipinski definition) is 0. The molecule has 1 atom stereocenters. The molecule has 0 bridgehead atoms. The summed E-state index contributed by atoms with van der Waals surface area (Å²) in [5.41, 5.74) is 0. The Bertz CT molecular complexity index is 1090. The first kappa shape index (κ1) is 68.2. The monoisotopic (exact) mass is 987 g/mol. The lowest BCUT2D eigenvalue weighted by atomic mass is 10.0.